The largest absolute Gasteiger partial charge is 0.480 e. The first-order chi connectivity index (χ1) is 6.13. The summed E-state index contributed by atoms with van der Waals surface area (Å²) in [7, 11) is 0. The minimum Gasteiger partial charge on any atom is -0.480 e. The lowest BCUT2D eigenvalue weighted by Gasteiger charge is -1.99. The molecular formula is C5H6N2O3S3. The lowest BCUT2D eigenvalue weighted by molar-refractivity contribution is -0.136. The molecule has 2 N–H and O–H groups in total. The number of aromatic nitrogens is 2. The molecule has 1 rings (SSSR count). The fourth-order valence-corrected chi connectivity index (χ4v) is 2.77. The van der Waals surface area contributed by atoms with E-state index in [4.69, 9.17) is 9.66 Å². The molecule has 0 bridgehead atoms. The molecule has 0 fully saturated rings. The Balaban J connectivity index is 2.58. The van der Waals surface area contributed by atoms with E-state index in [2.05, 4.69) is 10.2 Å². The molecular weight excluding hydrogens is 232 g/mol. The van der Waals surface area contributed by atoms with Crippen LogP contribution in [0.25, 0.3) is 0 Å². The van der Waals surface area contributed by atoms with Gasteiger partial charge in [0.25, 0.3) is 0 Å². The van der Waals surface area contributed by atoms with Crippen molar-refractivity contribution in [1.82, 2.24) is 10.2 Å². The van der Waals surface area contributed by atoms with Crippen molar-refractivity contribution in [1.29, 1.82) is 0 Å². The van der Waals surface area contributed by atoms with Gasteiger partial charge in [-0.25, -0.2) is 0 Å². The Morgan fingerprint density at radius 3 is 2.62 bits per heavy atom. The van der Waals surface area contributed by atoms with Gasteiger partial charge in [0.05, 0.1) is 12.0 Å². The summed E-state index contributed by atoms with van der Waals surface area (Å²) in [5, 5.41) is 15.3. The number of hydrogen-bond acceptors (Lipinski definition) is 7. The van der Waals surface area contributed by atoms with Gasteiger partial charge in [-0.1, -0.05) is 23.1 Å². The minimum absolute atomic E-state index is 0.417. The summed E-state index contributed by atoms with van der Waals surface area (Å²) in [4.78, 5) is 10.5. The molecule has 0 aliphatic heterocycles. The van der Waals surface area contributed by atoms with Gasteiger partial charge < -0.3 is 9.66 Å². The van der Waals surface area contributed by atoms with Crippen LogP contribution >= 0.6 is 35.1 Å². The maximum absolute atomic E-state index is 10.5. The SMILES string of the molecule is CC(Sc1nnc(SO)s1)C(=O)O. The van der Waals surface area contributed by atoms with Crippen molar-refractivity contribution in [2.45, 2.75) is 20.9 Å². The average Bonchev–Trinajstić information content (AvgIpc) is 2.52. The quantitative estimate of drug-likeness (QED) is 0.609. The minimum atomic E-state index is -0.890. The molecule has 0 aliphatic carbocycles. The van der Waals surface area contributed by atoms with Crippen LogP contribution in [0, 0.1) is 0 Å². The molecule has 13 heavy (non-hydrogen) atoms. The average molecular weight is 238 g/mol. The Morgan fingerprint density at radius 1 is 1.54 bits per heavy atom. The normalized spacial score (nSPS) is 12.8. The Bertz CT molecular complexity index is 303. The van der Waals surface area contributed by atoms with Gasteiger partial charge in [0.1, 0.15) is 5.25 Å². The summed E-state index contributed by atoms with van der Waals surface area (Å²) < 4.78 is 9.56. The van der Waals surface area contributed by atoms with Crippen LogP contribution in [0.1, 0.15) is 6.92 Å². The number of carboxylic acids is 1. The molecule has 1 heterocycles. The maximum atomic E-state index is 10.5. The van der Waals surface area contributed by atoms with Crippen molar-refractivity contribution in [3.05, 3.63) is 0 Å². The van der Waals surface area contributed by atoms with Crippen molar-refractivity contribution >= 4 is 41.1 Å². The van der Waals surface area contributed by atoms with Crippen LogP contribution in [-0.2, 0) is 4.79 Å². The number of thioether (sulfide) groups is 1. The summed E-state index contributed by atoms with van der Waals surface area (Å²) in [6, 6.07) is 0. The smallest absolute Gasteiger partial charge is 0.316 e. The first-order valence-electron chi connectivity index (χ1n) is 3.18. The van der Waals surface area contributed by atoms with Gasteiger partial charge in [-0.15, -0.1) is 10.2 Å². The van der Waals surface area contributed by atoms with E-state index in [1.807, 2.05) is 0 Å². The third kappa shape index (κ3) is 3.14. The molecule has 1 aromatic heterocycles. The molecule has 0 aliphatic rings. The molecule has 5 nitrogen and oxygen atoms in total. The summed E-state index contributed by atoms with van der Waals surface area (Å²) in [5.74, 6) is -0.890. The fourth-order valence-electron chi connectivity index (χ4n) is 0.483. The zero-order chi connectivity index (χ0) is 9.84. The van der Waals surface area contributed by atoms with Crippen LogP contribution in [-0.4, -0.2) is 31.1 Å². The standard InChI is InChI=1S/C5H6N2O3S3/c1-2(3(8)9)11-4-6-7-5(12-4)13-10/h2,10H,1H3,(H,8,9). The van der Waals surface area contributed by atoms with E-state index in [1.165, 1.54) is 11.3 Å². The summed E-state index contributed by atoms with van der Waals surface area (Å²) in [6.45, 7) is 1.57. The highest BCUT2D eigenvalue weighted by atomic mass is 32.2. The first kappa shape index (κ1) is 10.8. The molecule has 8 heteroatoms. The van der Waals surface area contributed by atoms with Crippen LogP contribution in [0.4, 0.5) is 0 Å². The maximum Gasteiger partial charge on any atom is 0.316 e. The predicted molar refractivity (Wildman–Crippen MR) is 51.3 cm³/mol. The van der Waals surface area contributed by atoms with Crippen LogP contribution in [0.5, 0.6) is 0 Å². The molecule has 0 aromatic carbocycles. The van der Waals surface area contributed by atoms with Crippen molar-refractivity contribution in [2.75, 3.05) is 0 Å². The van der Waals surface area contributed by atoms with Gasteiger partial charge in [-0.05, 0) is 6.92 Å². The second kappa shape index (κ2) is 4.80. The molecule has 0 saturated heterocycles. The second-order valence-corrected chi connectivity index (χ2v) is 5.42. The lowest BCUT2D eigenvalue weighted by Crippen LogP contribution is -2.10. The highest BCUT2D eigenvalue weighted by Crippen LogP contribution is 2.29. The highest BCUT2D eigenvalue weighted by molar-refractivity contribution is 8.02. The summed E-state index contributed by atoms with van der Waals surface area (Å²) >= 11 is 2.79. The number of carboxylic acid groups (broad SMARTS) is 1. The van der Waals surface area contributed by atoms with E-state index in [-0.39, 0.29) is 0 Å². The molecule has 0 radical (unpaired) electrons. The van der Waals surface area contributed by atoms with Gasteiger partial charge >= 0.3 is 5.97 Å². The predicted octanol–water partition coefficient (Wildman–Crippen LogP) is 1.67. The van der Waals surface area contributed by atoms with Gasteiger partial charge in [-0.3, -0.25) is 4.79 Å². The van der Waals surface area contributed by atoms with E-state index in [1.54, 1.807) is 6.92 Å². The Hall–Kier alpha value is -0.310. The van der Waals surface area contributed by atoms with Gasteiger partial charge in [-0.2, -0.15) is 0 Å². The zero-order valence-electron chi connectivity index (χ0n) is 6.50. The van der Waals surface area contributed by atoms with Crippen molar-refractivity contribution in [3.63, 3.8) is 0 Å². The number of aliphatic carboxylic acids is 1. The third-order valence-electron chi connectivity index (χ3n) is 1.09. The van der Waals surface area contributed by atoms with Gasteiger partial charge in [0.15, 0.2) is 4.34 Å². The number of rotatable bonds is 4. The van der Waals surface area contributed by atoms with E-state index >= 15 is 0 Å². The molecule has 1 atom stereocenters. The van der Waals surface area contributed by atoms with Crippen LogP contribution in [0.3, 0.4) is 0 Å². The Morgan fingerprint density at radius 2 is 2.15 bits per heavy atom. The molecule has 1 aromatic rings. The number of hydrogen-bond donors (Lipinski definition) is 2. The van der Waals surface area contributed by atoms with E-state index < -0.39 is 11.2 Å². The van der Waals surface area contributed by atoms with E-state index in [9.17, 15) is 4.79 Å². The molecule has 0 spiro atoms. The first-order valence-corrected chi connectivity index (χ1v) is 5.65. The Labute approximate surface area is 86.8 Å². The molecule has 0 amide bonds. The van der Waals surface area contributed by atoms with Crippen molar-refractivity contribution < 1.29 is 14.5 Å². The number of nitrogens with zero attached hydrogens (tertiary/aromatic N) is 2. The van der Waals surface area contributed by atoms with Crippen LogP contribution in [0.2, 0.25) is 0 Å². The zero-order valence-corrected chi connectivity index (χ0v) is 8.95. The number of carbonyl (C=O) groups is 1. The Kier molecular flexibility index (Phi) is 3.97. The summed E-state index contributed by atoms with van der Waals surface area (Å²) in [6.07, 6.45) is 0. The van der Waals surface area contributed by atoms with E-state index in [0.29, 0.717) is 20.7 Å². The summed E-state index contributed by atoms with van der Waals surface area (Å²) in [5.41, 5.74) is 0. The van der Waals surface area contributed by atoms with Gasteiger partial charge in [0, 0.05) is 0 Å². The van der Waals surface area contributed by atoms with Crippen LogP contribution in [0.15, 0.2) is 8.68 Å². The topological polar surface area (TPSA) is 83.3 Å². The van der Waals surface area contributed by atoms with Gasteiger partial charge in [0.2, 0.25) is 4.34 Å². The van der Waals surface area contributed by atoms with Crippen LogP contribution < -0.4 is 0 Å². The third-order valence-corrected chi connectivity index (χ3v) is 3.69. The van der Waals surface area contributed by atoms with Crippen molar-refractivity contribution in [2.24, 2.45) is 0 Å². The molecule has 0 saturated carbocycles. The molecule has 1 unspecified atom stereocenters. The lowest BCUT2D eigenvalue weighted by atomic mass is 10.5. The molecule has 72 valence electrons. The fraction of sp³-hybridized carbons (Fsp3) is 0.400. The highest BCUT2D eigenvalue weighted by Gasteiger charge is 2.15. The monoisotopic (exact) mass is 238 g/mol. The van der Waals surface area contributed by atoms with Crippen molar-refractivity contribution in [3.8, 4) is 0 Å². The van der Waals surface area contributed by atoms with E-state index in [0.717, 1.165) is 11.8 Å². The second-order valence-electron chi connectivity index (χ2n) is 2.02.